The summed E-state index contributed by atoms with van der Waals surface area (Å²) in [6.07, 6.45) is 2.39. The van der Waals surface area contributed by atoms with E-state index in [0.717, 1.165) is 30.8 Å². The Kier molecular flexibility index (Phi) is 5.18. The highest BCUT2D eigenvalue weighted by Crippen LogP contribution is 2.26. The monoisotopic (exact) mass is 274 g/mol. The van der Waals surface area contributed by atoms with Crippen molar-refractivity contribution in [2.24, 2.45) is 5.92 Å². The summed E-state index contributed by atoms with van der Waals surface area (Å²) in [5.74, 6) is 1.17. The highest BCUT2D eigenvalue weighted by atomic mass is 16.1. The lowest BCUT2D eigenvalue weighted by molar-refractivity contribution is 0.0948. The second-order valence-corrected chi connectivity index (χ2v) is 6.20. The number of carbonyl (C=O) groups excluding carboxylic acids is 1. The summed E-state index contributed by atoms with van der Waals surface area (Å²) in [6, 6.07) is 6.32. The van der Waals surface area contributed by atoms with Gasteiger partial charge in [-0.1, -0.05) is 26.0 Å². The highest BCUT2D eigenvalue weighted by Gasteiger charge is 2.17. The van der Waals surface area contributed by atoms with Crippen LogP contribution in [0.3, 0.4) is 0 Å². The lowest BCUT2D eigenvalue weighted by atomic mass is 9.88. The average molecular weight is 274 g/mol. The quantitative estimate of drug-likeness (QED) is 0.886. The van der Waals surface area contributed by atoms with Crippen molar-refractivity contribution < 1.29 is 4.79 Å². The van der Waals surface area contributed by atoms with Crippen LogP contribution in [-0.4, -0.2) is 25.5 Å². The zero-order chi connectivity index (χ0) is 14.5. The minimum absolute atomic E-state index is 0.0491. The molecule has 3 heteroatoms. The Morgan fingerprint density at radius 2 is 2.05 bits per heavy atom. The van der Waals surface area contributed by atoms with Gasteiger partial charge in [0, 0.05) is 12.1 Å². The van der Waals surface area contributed by atoms with Crippen molar-refractivity contribution in [3.63, 3.8) is 0 Å². The van der Waals surface area contributed by atoms with Crippen molar-refractivity contribution in [2.75, 3.05) is 19.6 Å². The highest BCUT2D eigenvalue weighted by molar-refractivity contribution is 5.95. The molecular formula is C17H26N2O. The molecule has 0 atom stereocenters. The summed E-state index contributed by atoms with van der Waals surface area (Å²) in [4.78, 5) is 12.1. The van der Waals surface area contributed by atoms with Crippen molar-refractivity contribution >= 4 is 5.91 Å². The van der Waals surface area contributed by atoms with Gasteiger partial charge in [-0.25, -0.2) is 0 Å². The van der Waals surface area contributed by atoms with E-state index in [9.17, 15) is 4.79 Å². The molecule has 20 heavy (non-hydrogen) atoms. The van der Waals surface area contributed by atoms with Gasteiger partial charge in [0.15, 0.2) is 0 Å². The molecule has 1 aliphatic heterocycles. The number of rotatable bonds is 4. The van der Waals surface area contributed by atoms with Crippen molar-refractivity contribution in [2.45, 2.75) is 39.5 Å². The molecule has 2 rings (SSSR count). The SMILES string of the molecule is Cc1cc(C2CCNCC2)ccc1C(=O)NCC(C)C. The van der Waals surface area contributed by atoms with Crippen molar-refractivity contribution in [3.8, 4) is 0 Å². The van der Waals surface area contributed by atoms with Crippen LogP contribution in [0.2, 0.25) is 0 Å². The largest absolute Gasteiger partial charge is 0.352 e. The smallest absolute Gasteiger partial charge is 0.251 e. The van der Waals surface area contributed by atoms with Gasteiger partial charge in [0.25, 0.3) is 5.91 Å². The van der Waals surface area contributed by atoms with Gasteiger partial charge in [0.1, 0.15) is 0 Å². The van der Waals surface area contributed by atoms with Crippen molar-refractivity contribution in [3.05, 3.63) is 34.9 Å². The van der Waals surface area contributed by atoms with E-state index in [4.69, 9.17) is 0 Å². The van der Waals surface area contributed by atoms with Gasteiger partial charge in [-0.15, -0.1) is 0 Å². The molecule has 110 valence electrons. The maximum absolute atomic E-state index is 12.1. The molecule has 2 N–H and O–H groups in total. The molecule has 0 radical (unpaired) electrons. The van der Waals surface area contributed by atoms with Crippen LogP contribution in [0.1, 0.15) is 54.1 Å². The molecule has 3 nitrogen and oxygen atoms in total. The molecule has 0 bridgehead atoms. The number of hydrogen-bond acceptors (Lipinski definition) is 2. The van der Waals surface area contributed by atoms with Crippen LogP contribution >= 0.6 is 0 Å². The van der Waals surface area contributed by atoms with E-state index in [1.54, 1.807) is 0 Å². The Labute approximate surface area is 122 Å². The molecule has 0 spiro atoms. The zero-order valence-corrected chi connectivity index (χ0v) is 12.8. The summed E-state index contributed by atoms with van der Waals surface area (Å²) >= 11 is 0. The number of nitrogens with one attached hydrogen (secondary N) is 2. The van der Waals surface area contributed by atoms with Gasteiger partial charge in [-0.2, -0.15) is 0 Å². The van der Waals surface area contributed by atoms with E-state index in [2.05, 4.69) is 36.6 Å². The molecule has 0 saturated carbocycles. The van der Waals surface area contributed by atoms with E-state index in [1.165, 1.54) is 18.4 Å². The predicted octanol–water partition coefficient (Wildman–Crippen LogP) is 2.85. The summed E-state index contributed by atoms with van der Waals surface area (Å²) in [5.41, 5.74) is 3.27. The van der Waals surface area contributed by atoms with Crippen molar-refractivity contribution in [1.82, 2.24) is 10.6 Å². The van der Waals surface area contributed by atoms with Gasteiger partial charge in [0.05, 0.1) is 0 Å². The summed E-state index contributed by atoms with van der Waals surface area (Å²) in [7, 11) is 0. The predicted molar refractivity (Wildman–Crippen MR) is 83.2 cm³/mol. The second kappa shape index (κ2) is 6.89. The molecular weight excluding hydrogens is 248 g/mol. The van der Waals surface area contributed by atoms with Crippen LogP contribution in [0.4, 0.5) is 0 Å². The van der Waals surface area contributed by atoms with Gasteiger partial charge in [-0.3, -0.25) is 4.79 Å². The number of piperidine rings is 1. The van der Waals surface area contributed by atoms with E-state index >= 15 is 0 Å². The van der Waals surface area contributed by atoms with Crippen molar-refractivity contribution in [1.29, 1.82) is 0 Å². The summed E-state index contributed by atoms with van der Waals surface area (Å²) in [6.45, 7) is 9.17. The third kappa shape index (κ3) is 3.83. The van der Waals surface area contributed by atoms with E-state index in [1.807, 2.05) is 13.0 Å². The number of aryl methyl sites for hydroxylation is 1. The Hall–Kier alpha value is -1.35. The first-order valence-corrected chi connectivity index (χ1v) is 7.67. The van der Waals surface area contributed by atoms with Crippen LogP contribution in [-0.2, 0) is 0 Å². The molecule has 0 aliphatic carbocycles. The Morgan fingerprint density at radius 3 is 2.65 bits per heavy atom. The number of amides is 1. The first kappa shape index (κ1) is 15.0. The third-order valence-corrected chi connectivity index (χ3v) is 3.98. The summed E-state index contributed by atoms with van der Waals surface area (Å²) in [5, 5.41) is 6.38. The van der Waals surface area contributed by atoms with E-state index < -0.39 is 0 Å². The number of benzene rings is 1. The lowest BCUT2D eigenvalue weighted by Gasteiger charge is -2.23. The van der Waals surface area contributed by atoms with E-state index in [0.29, 0.717) is 11.8 Å². The standard InChI is InChI=1S/C17H26N2O/c1-12(2)11-19-17(20)16-5-4-15(10-13(16)3)14-6-8-18-9-7-14/h4-5,10,12,14,18H,6-9,11H2,1-3H3,(H,19,20). The van der Waals surface area contributed by atoms with Crippen LogP contribution in [0.5, 0.6) is 0 Å². The molecule has 1 amide bonds. The van der Waals surface area contributed by atoms with Crippen LogP contribution in [0, 0.1) is 12.8 Å². The minimum Gasteiger partial charge on any atom is -0.352 e. The first-order chi connectivity index (χ1) is 9.58. The molecule has 1 aromatic carbocycles. The summed E-state index contributed by atoms with van der Waals surface area (Å²) < 4.78 is 0. The average Bonchev–Trinajstić information content (AvgIpc) is 2.45. The Bertz CT molecular complexity index is 462. The molecule has 1 aliphatic rings. The van der Waals surface area contributed by atoms with Gasteiger partial charge in [-0.05, 0) is 61.9 Å². The Balaban J connectivity index is 2.07. The maximum atomic E-state index is 12.1. The fourth-order valence-corrected chi connectivity index (χ4v) is 2.74. The van der Waals surface area contributed by atoms with Crippen LogP contribution in [0.25, 0.3) is 0 Å². The molecule has 1 heterocycles. The zero-order valence-electron chi connectivity index (χ0n) is 12.8. The van der Waals surface area contributed by atoms with E-state index in [-0.39, 0.29) is 5.91 Å². The minimum atomic E-state index is 0.0491. The van der Waals surface area contributed by atoms with Gasteiger partial charge < -0.3 is 10.6 Å². The molecule has 0 aromatic heterocycles. The number of carbonyl (C=O) groups is 1. The van der Waals surface area contributed by atoms with Gasteiger partial charge in [0.2, 0.25) is 0 Å². The molecule has 1 saturated heterocycles. The fraction of sp³-hybridized carbons (Fsp3) is 0.588. The maximum Gasteiger partial charge on any atom is 0.251 e. The number of hydrogen-bond donors (Lipinski definition) is 2. The molecule has 1 aromatic rings. The first-order valence-electron chi connectivity index (χ1n) is 7.67. The molecule has 1 fully saturated rings. The van der Waals surface area contributed by atoms with Gasteiger partial charge >= 0.3 is 0 Å². The Morgan fingerprint density at radius 1 is 1.35 bits per heavy atom. The molecule has 0 unspecified atom stereocenters. The lowest BCUT2D eigenvalue weighted by Crippen LogP contribution is -2.28. The fourth-order valence-electron chi connectivity index (χ4n) is 2.74. The topological polar surface area (TPSA) is 41.1 Å². The van der Waals surface area contributed by atoms with Crippen LogP contribution < -0.4 is 10.6 Å². The third-order valence-electron chi connectivity index (χ3n) is 3.98. The normalized spacial score (nSPS) is 16.4. The van der Waals surface area contributed by atoms with Crippen LogP contribution in [0.15, 0.2) is 18.2 Å². The second-order valence-electron chi connectivity index (χ2n) is 6.20.